The summed E-state index contributed by atoms with van der Waals surface area (Å²) in [5.74, 6) is 0.913. The fourth-order valence-corrected chi connectivity index (χ4v) is 1.41. The van der Waals surface area contributed by atoms with Gasteiger partial charge in [0, 0.05) is 12.6 Å². The van der Waals surface area contributed by atoms with Gasteiger partial charge in [0.15, 0.2) is 18.2 Å². The number of ether oxygens (including phenoxy) is 1. The van der Waals surface area contributed by atoms with Crippen LogP contribution in [0.5, 0.6) is 5.75 Å². The molecule has 2 N–H and O–H groups in total. The number of pyridine rings is 1. The molecule has 0 saturated heterocycles. The lowest BCUT2D eigenvalue weighted by Crippen LogP contribution is -2.39. The van der Waals surface area contributed by atoms with E-state index in [-0.39, 0.29) is 12.5 Å². The van der Waals surface area contributed by atoms with Gasteiger partial charge in [-0.05, 0) is 0 Å². The average molecular weight is 205 g/mol. The largest absolute Gasteiger partial charge is 0.480 e. The predicted octanol–water partition coefficient (Wildman–Crippen LogP) is 0.575. The third-order valence-electron chi connectivity index (χ3n) is 2.07. The minimum Gasteiger partial charge on any atom is -0.480 e. The van der Waals surface area contributed by atoms with Gasteiger partial charge in [-0.2, -0.15) is 0 Å². The number of nitrogen functional groups attached to an aromatic ring is 1. The first-order valence-electron chi connectivity index (χ1n) is 4.52. The molecule has 0 aromatic carbocycles. The highest BCUT2D eigenvalue weighted by atomic mass is 16.5. The van der Waals surface area contributed by atoms with E-state index in [1.165, 1.54) is 11.1 Å². The van der Waals surface area contributed by atoms with Gasteiger partial charge < -0.3 is 10.5 Å². The molecule has 0 unspecified atom stereocenters. The van der Waals surface area contributed by atoms with Gasteiger partial charge in [-0.15, -0.1) is 6.58 Å². The van der Waals surface area contributed by atoms with E-state index in [1.807, 2.05) is 0 Å². The molecule has 0 saturated carbocycles. The Balaban J connectivity index is 2.43. The van der Waals surface area contributed by atoms with Gasteiger partial charge in [0.2, 0.25) is 0 Å². The molecule has 1 amide bonds. The van der Waals surface area contributed by atoms with Crippen LogP contribution in [-0.4, -0.2) is 24.0 Å². The maximum atomic E-state index is 11.5. The highest BCUT2D eigenvalue weighted by Gasteiger charge is 2.25. The summed E-state index contributed by atoms with van der Waals surface area (Å²) in [7, 11) is 0. The molecule has 2 rings (SSSR count). The normalized spacial score (nSPS) is 14.4. The van der Waals surface area contributed by atoms with Crippen molar-refractivity contribution in [2.75, 3.05) is 23.8 Å². The first kappa shape index (κ1) is 9.51. The van der Waals surface area contributed by atoms with Crippen LogP contribution in [0.3, 0.4) is 0 Å². The van der Waals surface area contributed by atoms with Gasteiger partial charge in [-0.3, -0.25) is 9.69 Å². The summed E-state index contributed by atoms with van der Waals surface area (Å²) in [6.45, 7) is 4.04. The number of fused-ring (bicyclic) bond motifs is 1. The summed E-state index contributed by atoms with van der Waals surface area (Å²) in [6, 6.07) is 1.66. The molecule has 0 fully saturated rings. The van der Waals surface area contributed by atoms with Crippen LogP contribution >= 0.6 is 0 Å². The van der Waals surface area contributed by atoms with Crippen LogP contribution in [-0.2, 0) is 4.79 Å². The first-order valence-corrected chi connectivity index (χ1v) is 4.52. The minimum absolute atomic E-state index is 0.0198. The van der Waals surface area contributed by atoms with Crippen molar-refractivity contribution in [3.63, 3.8) is 0 Å². The summed E-state index contributed by atoms with van der Waals surface area (Å²) >= 11 is 0. The van der Waals surface area contributed by atoms with Gasteiger partial charge in [0.05, 0.1) is 11.9 Å². The predicted molar refractivity (Wildman–Crippen MR) is 56.7 cm³/mol. The van der Waals surface area contributed by atoms with E-state index < -0.39 is 0 Å². The number of hydrogen-bond acceptors (Lipinski definition) is 4. The molecule has 0 aliphatic carbocycles. The molecule has 1 aliphatic heterocycles. The number of carbonyl (C=O) groups excluding carboxylic acids is 1. The quantitative estimate of drug-likeness (QED) is 0.717. The maximum absolute atomic E-state index is 11.5. The molecule has 0 radical (unpaired) electrons. The molecular weight excluding hydrogens is 194 g/mol. The molecule has 2 heterocycles. The van der Waals surface area contributed by atoms with Gasteiger partial charge in [0.1, 0.15) is 0 Å². The molecule has 1 aromatic heterocycles. The topological polar surface area (TPSA) is 68.5 Å². The number of hydrogen-bond donors (Lipinski definition) is 1. The number of aromatic nitrogens is 1. The van der Waals surface area contributed by atoms with Gasteiger partial charge in [-0.25, -0.2) is 4.98 Å². The van der Waals surface area contributed by atoms with Gasteiger partial charge >= 0.3 is 0 Å². The minimum atomic E-state index is -0.125. The highest BCUT2D eigenvalue weighted by Crippen LogP contribution is 2.30. The summed E-state index contributed by atoms with van der Waals surface area (Å²) in [4.78, 5) is 17.1. The van der Waals surface area contributed by atoms with Crippen LogP contribution in [0, 0.1) is 0 Å². The van der Waals surface area contributed by atoms with E-state index in [1.54, 1.807) is 12.1 Å². The number of amides is 1. The third-order valence-corrected chi connectivity index (χ3v) is 2.07. The average Bonchev–Trinajstić information content (AvgIpc) is 2.22. The molecule has 0 atom stereocenters. The monoisotopic (exact) mass is 205 g/mol. The van der Waals surface area contributed by atoms with Crippen molar-refractivity contribution < 1.29 is 9.53 Å². The van der Waals surface area contributed by atoms with E-state index in [4.69, 9.17) is 10.5 Å². The Morgan fingerprint density at radius 1 is 1.73 bits per heavy atom. The molecule has 78 valence electrons. The van der Waals surface area contributed by atoms with Crippen molar-refractivity contribution in [1.29, 1.82) is 0 Å². The van der Waals surface area contributed by atoms with E-state index in [0.717, 1.165) is 0 Å². The Morgan fingerprint density at radius 2 is 2.53 bits per heavy atom. The Hall–Kier alpha value is -2.04. The Kier molecular flexibility index (Phi) is 2.29. The molecule has 5 nitrogen and oxygen atoms in total. The fraction of sp³-hybridized carbons (Fsp3) is 0.200. The first-order chi connectivity index (χ1) is 7.22. The second kappa shape index (κ2) is 3.61. The second-order valence-corrected chi connectivity index (χ2v) is 3.17. The summed E-state index contributed by atoms with van der Waals surface area (Å²) in [5, 5.41) is 0. The molecule has 15 heavy (non-hydrogen) atoms. The summed E-state index contributed by atoms with van der Waals surface area (Å²) < 4.78 is 5.23. The summed E-state index contributed by atoms with van der Waals surface area (Å²) in [5.41, 5.74) is 6.09. The number of rotatable bonds is 2. The van der Waals surface area contributed by atoms with Gasteiger partial charge in [0.25, 0.3) is 5.91 Å². The van der Waals surface area contributed by atoms with Crippen LogP contribution in [0.15, 0.2) is 24.9 Å². The van der Waals surface area contributed by atoms with E-state index in [0.29, 0.717) is 23.8 Å². The van der Waals surface area contributed by atoms with Crippen LogP contribution in [0.4, 0.5) is 11.5 Å². The second-order valence-electron chi connectivity index (χ2n) is 3.17. The number of carbonyl (C=O) groups is 1. The smallest absolute Gasteiger partial charge is 0.266 e. The lowest BCUT2D eigenvalue weighted by molar-refractivity contribution is -0.121. The molecule has 0 bridgehead atoms. The third kappa shape index (κ3) is 1.63. The lowest BCUT2D eigenvalue weighted by Gasteiger charge is -2.27. The van der Waals surface area contributed by atoms with Crippen molar-refractivity contribution in [2.24, 2.45) is 0 Å². The molecule has 5 heteroatoms. The number of nitrogens with zero attached hydrogens (tertiary/aromatic N) is 2. The van der Waals surface area contributed by atoms with Crippen molar-refractivity contribution >= 4 is 17.4 Å². The van der Waals surface area contributed by atoms with Crippen molar-refractivity contribution in [1.82, 2.24) is 4.98 Å². The van der Waals surface area contributed by atoms with Gasteiger partial charge in [-0.1, -0.05) is 6.08 Å². The van der Waals surface area contributed by atoms with E-state index in [9.17, 15) is 4.79 Å². The van der Waals surface area contributed by atoms with Crippen LogP contribution in [0.2, 0.25) is 0 Å². The zero-order valence-corrected chi connectivity index (χ0v) is 8.14. The Labute approximate surface area is 87.2 Å². The Bertz CT molecular complexity index is 417. The van der Waals surface area contributed by atoms with Crippen molar-refractivity contribution in [2.45, 2.75) is 0 Å². The van der Waals surface area contributed by atoms with Crippen molar-refractivity contribution in [3.05, 3.63) is 24.9 Å². The van der Waals surface area contributed by atoms with Crippen molar-refractivity contribution in [3.8, 4) is 5.75 Å². The summed E-state index contributed by atoms with van der Waals surface area (Å²) in [6.07, 6.45) is 3.14. The highest BCUT2D eigenvalue weighted by molar-refractivity contribution is 5.97. The van der Waals surface area contributed by atoms with Crippen LogP contribution in [0.25, 0.3) is 0 Å². The molecule has 1 aromatic rings. The standard InChI is InChI=1S/C10H11N3O2/c1-2-3-13-9(14)6-15-8-4-7(11)5-12-10(8)13/h2,4-5H,1,3,6,11H2. The number of nitrogens with two attached hydrogens (primary N) is 1. The van der Waals surface area contributed by atoms with Crippen LogP contribution in [0.1, 0.15) is 0 Å². The van der Waals surface area contributed by atoms with E-state index in [2.05, 4.69) is 11.6 Å². The number of anilines is 2. The zero-order valence-electron chi connectivity index (χ0n) is 8.14. The fourth-order valence-electron chi connectivity index (χ4n) is 1.41. The lowest BCUT2D eigenvalue weighted by atomic mass is 10.3. The molecule has 0 spiro atoms. The zero-order chi connectivity index (χ0) is 10.8. The Morgan fingerprint density at radius 3 is 3.27 bits per heavy atom. The van der Waals surface area contributed by atoms with Crippen LogP contribution < -0.4 is 15.4 Å². The molecule has 1 aliphatic rings. The maximum Gasteiger partial charge on any atom is 0.266 e. The molecular formula is C10H11N3O2. The van der Waals surface area contributed by atoms with E-state index >= 15 is 0 Å². The SMILES string of the molecule is C=CCN1C(=O)COc2cc(N)cnc21.